The highest BCUT2D eigenvalue weighted by atomic mass is 16.5. The number of methoxy groups -OCH3 is 1. The maximum atomic E-state index is 13.6. The first kappa shape index (κ1) is 24.5. The molecule has 0 radical (unpaired) electrons. The van der Waals surface area contributed by atoms with Crippen LogP contribution in [0.25, 0.3) is 11.2 Å². The molecule has 0 aliphatic carbocycles. The minimum absolute atomic E-state index is 0.00741. The number of nitrogens with one attached hydrogen (secondary N) is 2. The summed E-state index contributed by atoms with van der Waals surface area (Å²) in [6, 6.07) is 17.5. The molecule has 0 aliphatic heterocycles. The second-order valence-electron chi connectivity index (χ2n) is 8.63. The third-order valence-electron chi connectivity index (χ3n) is 6.13. The number of rotatable bonds is 7. The molecule has 1 atom stereocenters. The first-order valence-electron chi connectivity index (χ1n) is 11.9. The molecule has 0 saturated heterocycles. The smallest absolute Gasteiger partial charge is 0.282 e. The van der Waals surface area contributed by atoms with Crippen molar-refractivity contribution in [2.45, 2.75) is 19.9 Å². The van der Waals surface area contributed by atoms with E-state index in [-0.39, 0.29) is 22.8 Å². The van der Waals surface area contributed by atoms with E-state index < -0.39 is 11.9 Å². The summed E-state index contributed by atoms with van der Waals surface area (Å²) < 4.78 is 8.45. The molecular weight excluding hydrogens is 484 g/mol. The maximum Gasteiger partial charge on any atom is 0.282 e. The first-order chi connectivity index (χ1) is 18.4. The molecule has 5 rings (SSSR count). The van der Waals surface area contributed by atoms with Crippen molar-refractivity contribution in [3.63, 3.8) is 0 Å². The quantitative estimate of drug-likeness (QED) is 0.302. The van der Waals surface area contributed by atoms with E-state index in [4.69, 9.17) is 15.6 Å². The second kappa shape index (κ2) is 10.1. The third-order valence-corrected chi connectivity index (χ3v) is 6.13. The van der Waals surface area contributed by atoms with Crippen molar-refractivity contribution in [1.82, 2.24) is 24.1 Å². The van der Waals surface area contributed by atoms with Crippen molar-refractivity contribution >= 4 is 28.7 Å². The van der Waals surface area contributed by atoms with E-state index in [1.165, 1.54) is 13.4 Å². The highest BCUT2D eigenvalue weighted by Gasteiger charge is 2.24. The van der Waals surface area contributed by atoms with Gasteiger partial charge in [0.25, 0.3) is 11.5 Å². The first-order valence-corrected chi connectivity index (χ1v) is 11.9. The summed E-state index contributed by atoms with van der Waals surface area (Å²) >= 11 is 0. The Balaban J connectivity index is 1.56. The molecule has 5 aromatic rings. The lowest BCUT2D eigenvalue weighted by Crippen LogP contribution is -2.30. The zero-order valence-corrected chi connectivity index (χ0v) is 21.0. The van der Waals surface area contributed by atoms with Gasteiger partial charge in [-0.1, -0.05) is 30.3 Å². The van der Waals surface area contributed by atoms with Crippen molar-refractivity contribution in [3.8, 4) is 11.4 Å². The fraction of sp³-hybridized carbons (Fsp3) is 0.148. The average Bonchev–Trinajstić information content (AvgIpc) is 3.30. The van der Waals surface area contributed by atoms with Crippen LogP contribution in [0.2, 0.25) is 0 Å². The number of fused-ring (bicyclic) bond motifs is 1. The Morgan fingerprint density at radius 1 is 1.05 bits per heavy atom. The van der Waals surface area contributed by atoms with Crippen LogP contribution >= 0.6 is 0 Å². The largest absolute Gasteiger partial charge is 0.495 e. The molecule has 192 valence electrons. The van der Waals surface area contributed by atoms with Crippen LogP contribution in [0.5, 0.6) is 5.75 Å². The number of anilines is 3. The summed E-state index contributed by atoms with van der Waals surface area (Å²) in [5, 5.41) is 10.8. The second-order valence-corrected chi connectivity index (χ2v) is 8.63. The number of carbonyl (C=O) groups excluding carboxylic acids is 1. The SMILES string of the molecule is COc1ccccc1NC(=O)c1c(N)ncnc1NC(C)c1nn2ccc(C)c2c(=O)n1-c1ccccc1. The van der Waals surface area contributed by atoms with E-state index >= 15 is 0 Å². The Hall–Kier alpha value is -5.19. The molecule has 4 N–H and O–H groups in total. The molecule has 11 heteroatoms. The predicted molar refractivity (Wildman–Crippen MR) is 145 cm³/mol. The maximum absolute atomic E-state index is 13.6. The van der Waals surface area contributed by atoms with Gasteiger partial charge in [-0.15, -0.1) is 0 Å². The number of hydrogen-bond donors (Lipinski definition) is 3. The molecule has 11 nitrogen and oxygen atoms in total. The van der Waals surface area contributed by atoms with E-state index in [9.17, 15) is 9.59 Å². The standard InChI is InChI=1S/C27H26N8O3/c1-16-13-14-34-22(16)27(37)35(18-9-5-4-6-10-18)25(33-34)17(2)31-24-21(23(28)29-15-30-24)26(36)32-19-11-7-8-12-20(19)38-3/h4-15,17H,1-3H3,(H,32,36)(H3,28,29,30,31). The van der Waals surface area contributed by atoms with E-state index in [0.717, 1.165) is 5.56 Å². The molecule has 0 aliphatic rings. The van der Waals surface area contributed by atoms with Crippen molar-refractivity contribution in [2.75, 3.05) is 23.5 Å². The lowest BCUT2D eigenvalue weighted by Gasteiger charge is -2.21. The summed E-state index contributed by atoms with van der Waals surface area (Å²) in [4.78, 5) is 35.2. The Bertz CT molecular complexity index is 1690. The zero-order chi connectivity index (χ0) is 26.8. The van der Waals surface area contributed by atoms with Crippen molar-refractivity contribution < 1.29 is 9.53 Å². The van der Waals surface area contributed by atoms with Crippen LogP contribution in [0.15, 0.2) is 78.0 Å². The summed E-state index contributed by atoms with van der Waals surface area (Å²) in [6.45, 7) is 3.69. The van der Waals surface area contributed by atoms with Crippen LogP contribution in [0.4, 0.5) is 17.3 Å². The van der Waals surface area contributed by atoms with Gasteiger partial charge in [0.1, 0.15) is 34.8 Å². The molecule has 1 unspecified atom stereocenters. The topological polar surface area (TPSA) is 141 Å². The van der Waals surface area contributed by atoms with Gasteiger partial charge in [0, 0.05) is 6.20 Å². The van der Waals surface area contributed by atoms with Crippen LogP contribution in [0.3, 0.4) is 0 Å². The Morgan fingerprint density at radius 3 is 2.55 bits per heavy atom. The molecule has 3 heterocycles. The Morgan fingerprint density at radius 2 is 1.79 bits per heavy atom. The number of aromatic nitrogens is 5. The summed E-state index contributed by atoms with van der Waals surface area (Å²) in [5.41, 5.74) is 8.39. The minimum atomic E-state index is -0.567. The van der Waals surface area contributed by atoms with Gasteiger partial charge in [-0.05, 0) is 49.7 Å². The van der Waals surface area contributed by atoms with Crippen LogP contribution in [-0.2, 0) is 0 Å². The summed E-state index contributed by atoms with van der Waals surface area (Å²) in [7, 11) is 1.52. The molecule has 0 fully saturated rings. The molecule has 38 heavy (non-hydrogen) atoms. The zero-order valence-electron chi connectivity index (χ0n) is 21.0. The lowest BCUT2D eigenvalue weighted by atomic mass is 10.2. The fourth-order valence-electron chi connectivity index (χ4n) is 4.27. The minimum Gasteiger partial charge on any atom is -0.495 e. The number of hydrogen-bond acceptors (Lipinski definition) is 8. The van der Waals surface area contributed by atoms with Gasteiger partial charge < -0.3 is 21.1 Å². The molecular formula is C27H26N8O3. The Kier molecular flexibility index (Phi) is 6.48. The molecule has 2 aromatic carbocycles. The normalized spacial score (nSPS) is 11.8. The van der Waals surface area contributed by atoms with Gasteiger partial charge >= 0.3 is 0 Å². The van der Waals surface area contributed by atoms with Gasteiger partial charge in [-0.2, -0.15) is 5.10 Å². The number of ether oxygens (including phenoxy) is 1. The predicted octanol–water partition coefficient (Wildman–Crippen LogP) is 3.60. The molecule has 0 bridgehead atoms. The third kappa shape index (κ3) is 4.41. The summed E-state index contributed by atoms with van der Waals surface area (Å²) in [6.07, 6.45) is 3.01. The Labute approximate surface area is 217 Å². The van der Waals surface area contributed by atoms with Gasteiger partial charge in [0.15, 0.2) is 5.82 Å². The number of aryl methyl sites for hydroxylation is 1. The van der Waals surface area contributed by atoms with Gasteiger partial charge in [-0.25, -0.2) is 14.5 Å². The lowest BCUT2D eigenvalue weighted by molar-refractivity contribution is 0.102. The van der Waals surface area contributed by atoms with Crippen molar-refractivity contribution in [3.05, 3.63) is 100 Å². The van der Waals surface area contributed by atoms with E-state index in [0.29, 0.717) is 28.5 Å². The van der Waals surface area contributed by atoms with E-state index in [2.05, 4.69) is 20.6 Å². The van der Waals surface area contributed by atoms with Crippen LogP contribution in [-0.4, -0.2) is 37.2 Å². The van der Waals surface area contributed by atoms with Gasteiger partial charge in [0.2, 0.25) is 0 Å². The van der Waals surface area contributed by atoms with Gasteiger partial charge in [0.05, 0.1) is 24.5 Å². The summed E-state index contributed by atoms with van der Waals surface area (Å²) in [5.74, 6) is 0.567. The number of nitrogen functional groups attached to an aromatic ring is 1. The van der Waals surface area contributed by atoms with Crippen LogP contribution in [0, 0.1) is 6.92 Å². The molecule has 3 aromatic heterocycles. The van der Waals surface area contributed by atoms with E-state index in [1.807, 2.05) is 50.2 Å². The average molecular weight is 511 g/mol. The number of nitrogens with zero attached hydrogens (tertiary/aromatic N) is 5. The molecule has 1 amide bonds. The van der Waals surface area contributed by atoms with E-state index in [1.54, 1.807) is 39.5 Å². The molecule has 0 spiro atoms. The number of benzene rings is 2. The monoisotopic (exact) mass is 510 g/mol. The number of nitrogens with two attached hydrogens (primary N) is 1. The van der Waals surface area contributed by atoms with Crippen LogP contribution < -0.4 is 26.7 Å². The van der Waals surface area contributed by atoms with Crippen LogP contribution in [0.1, 0.15) is 34.7 Å². The molecule has 0 saturated carbocycles. The highest BCUT2D eigenvalue weighted by molar-refractivity contribution is 6.11. The van der Waals surface area contributed by atoms with Gasteiger partial charge in [-0.3, -0.25) is 14.2 Å². The highest BCUT2D eigenvalue weighted by Crippen LogP contribution is 2.27. The number of para-hydroxylation sites is 3. The van der Waals surface area contributed by atoms with Crippen molar-refractivity contribution in [1.29, 1.82) is 0 Å². The number of amides is 1. The van der Waals surface area contributed by atoms with Crippen molar-refractivity contribution in [2.24, 2.45) is 0 Å². The number of carbonyl (C=O) groups is 1. The fourth-order valence-corrected chi connectivity index (χ4v) is 4.27.